The topological polar surface area (TPSA) is 28.3 Å². The molecule has 3 nitrogen and oxygen atoms in total. The van der Waals surface area contributed by atoms with E-state index in [-0.39, 0.29) is 6.10 Å². The van der Waals surface area contributed by atoms with Crippen LogP contribution in [0.25, 0.3) is 10.9 Å². The lowest BCUT2D eigenvalue weighted by atomic mass is 10.1. The average Bonchev–Trinajstić information content (AvgIpc) is 2.59. The first-order chi connectivity index (χ1) is 9.13. The normalized spacial score (nSPS) is 16.6. The molecule has 0 radical (unpaired) electrons. The van der Waals surface area contributed by atoms with E-state index >= 15 is 0 Å². The monoisotopic (exact) mass is 258 g/mol. The lowest BCUT2D eigenvalue weighted by Gasteiger charge is -2.12. The number of hydrogen-bond donors (Lipinski definition) is 1. The fraction of sp³-hybridized carbons (Fsp3) is 0.500. The average molecular weight is 258 g/mol. The maximum Gasteiger partial charge on any atom is 0.121 e. The smallest absolute Gasteiger partial charge is 0.121 e. The Balaban J connectivity index is 1.99. The van der Waals surface area contributed by atoms with E-state index < -0.39 is 0 Å². The number of hydrogen-bond acceptors (Lipinski definition) is 2. The number of H-pyrrole nitrogens is 1. The highest BCUT2D eigenvalue weighted by atomic mass is 16.5. The Bertz CT molecular complexity index is 586. The SMILES string of the molecule is CC(C)Oc1ccc2c3c([nH]c2c1)CCN(C)CC3. The first-order valence-electron chi connectivity index (χ1n) is 7.12. The Morgan fingerprint density at radius 1 is 1.21 bits per heavy atom. The van der Waals surface area contributed by atoms with E-state index in [9.17, 15) is 0 Å². The maximum atomic E-state index is 5.77. The molecule has 102 valence electrons. The van der Waals surface area contributed by atoms with Crippen molar-refractivity contribution in [1.29, 1.82) is 0 Å². The second-order valence-electron chi connectivity index (χ2n) is 5.76. The second kappa shape index (κ2) is 4.89. The van der Waals surface area contributed by atoms with Gasteiger partial charge in [0.1, 0.15) is 5.75 Å². The summed E-state index contributed by atoms with van der Waals surface area (Å²) in [6.07, 6.45) is 2.47. The van der Waals surface area contributed by atoms with Gasteiger partial charge >= 0.3 is 0 Å². The summed E-state index contributed by atoms with van der Waals surface area (Å²) in [6.45, 7) is 6.40. The summed E-state index contributed by atoms with van der Waals surface area (Å²) >= 11 is 0. The Morgan fingerprint density at radius 3 is 2.79 bits per heavy atom. The van der Waals surface area contributed by atoms with E-state index in [1.807, 2.05) is 0 Å². The molecule has 1 N–H and O–H groups in total. The third kappa shape index (κ3) is 2.47. The molecule has 0 aliphatic carbocycles. The molecule has 2 heterocycles. The molecule has 1 aromatic heterocycles. The summed E-state index contributed by atoms with van der Waals surface area (Å²) in [5.74, 6) is 0.955. The van der Waals surface area contributed by atoms with Crippen LogP contribution in [0.3, 0.4) is 0 Å². The number of rotatable bonds is 2. The predicted molar refractivity (Wildman–Crippen MR) is 79.0 cm³/mol. The third-order valence-corrected chi connectivity index (χ3v) is 3.82. The van der Waals surface area contributed by atoms with Gasteiger partial charge in [0.15, 0.2) is 0 Å². The summed E-state index contributed by atoms with van der Waals surface area (Å²) in [5, 5.41) is 1.36. The summed E-state index contributed by atoms with van der Waals surface area (Å²) in [7, 11) is 2.20. The molecule has 0 fully saturated rings. The quantitative estimate of drug-likeness (QED) is 0.897. The van der Waals surface area contributed by atoms with Crippen LogP contribution in [-0.4, -0.2) is 36.1 Å². The number of benzene rings is 1. The first-order valence-corrected chi connectivity index (χ1v) is 7.12. The van der Waals surface area contributed by atoms with Crippen molar-refractivity contribution in [2.45, 2.75) is 32.8 Å². The Hall–Kier alpha value is -1.48. The van der Waals surface area contributed by atoms with E-state index in [1.54, 1.807) is 0 Å². The van der Waals surface area contributed by atoms with E-state index in [2.05, 4.69) is 49.0 Å². The van der Waals surface area contributed by atoms with Crippen molar-refractivity contribution in [3.63, 3.8) is 0 Å². The number of aromatic amines is 1. The molecule has 0 bridgehead atoms. The first kappa shape index (κ1) is 12.5. The van der Waals surface area contributed by atoms with Gasteiger partial charge in [-0.25, -0.2) is 0 Å². The molecule has 3 heteroatoms. The summed E-state index contributed by atoms with van der Waals surface area (Å²) < 4.78 is 5.77. The molecule has 0 atom stereocenters. The van der Waals surface area contributed by atoms with Gasteiger partial charge in [-0.1, -0.05) is 0 Å². The third-order valence-electron chi connectivity index (χ3n) is 3.82. The van der Waals surface area contributed by atoms with E-state index in [0.717, 1.165) is 31.7 Å². The van der Waals surface area contributed by atoms with E-state index in [0.29, 0.717) is 0 Å². The van der Waals surface area contributed by atoms with Crippen LogP contribution in [0.1, 0.15) is 25.1 Å². The van der Waals surface area contributed by atoms with Crippen LogP contribution < -0.4 is 4.74 Å². The van der Waals surface area contributed by atoms with Crippen molar-refractivity contribution in [3.8, 4) is 5.75 Å². The maximum absolute atomic E-state index is 5.77. The molecule has 3 rings (SSSR count). The van der Waals surface area contributed by atoms with Gasteiger partial charge in [-0.15, -0.1) is 0 Å². The molecule has 1 aliphatic rings. The van der Waals surface area contributed by atoms with Gasteiger partial charge in [0, 0.05) is 42.2 Å². The van der Waals surface area contributed by atoms with Crippen molar-refractivity contribution in [2.24, 2.45) is 0 Å². The Kier molecular flexibility index (Phi) is 3.23. The highest BCUT2D eigenvalue weighted by Crippen LogP contribution is 2.28. The molecule has 0 amide bonds. The minimum Gasteiger partial charge on any atom is -0.491 e. The summed E-state index contributed by atoms with van der Waals surface area (Å²) in [4.78, 5) is 5.98. The second-order valence-corrected chi connectivity index (χ2v) is 5.76. The molecule has 1 aliphatic heterocycles. The fourth-order valence-electron chi connectivity index (χ4n) is 2.85. The zero-order valence-corrected chi connectivity index (χ0v) is 12.0. The van der Waals surface area contributed by atoms with Crippen LogP contribution in [0.15, 0.2) is 18.2 Å². The Labute approximate surface area is 114 Å². The summed E-state index contributed by atoms with van der Waals surface area (Å²) in [5.41, 5.74) is 4.11. The molecule has 0 unspecified atom stereocenters. The van der Waals surface area contributed by atoms with Crippen molar-refractivity contribution >= 4 is 10.9 Å². The molecule has 1 aromatic carbocycles. The molecule has 2 aromatic rings. The number of nitrogens with one attached hydrogen (secondary N) is 1. The number of likely N-dealkylation sites (N-methyl/N-ethyl adjacent to an activating group) is 1. The van der Waals surface area contributed by atoms with Crippen LogP contribution in [0.2, 0.25) is 0 Å². The highest BCUT2D eigenvalue weighted by molar-refractivity contribution is 5.86. The van der Waals surface area contributed by atoms with Crippen LogP contribution in [-0.2, 0) is 12.8 Å². The van der Waals surface area contributed by atoms with E-state index in [4.69, 9.17) is 4.74 Å². The van der Waals surface area contributed by atoms with Crippen molar-refractivity contribution < 1.29 is 4.74 Å². The van der Waals surface area contributed by atoms with Crippen LogP contribution >= 0.6 is 0 Å². The van der Waals surface area contributed by atoms with Crippen LogP contribution in [0.5, 0.6) is 5.75 Å². The van der Waals surface area contributed by atoms with Gasteiger partial charge in [0.05, 0.1) is 6.10 Å². The van der Waals surface area contributed by atoms with Crippen molar-refractivity contribution in [2.75, 3.05) is 20.1 Å². The molecule has 0 saturated carbocycles. The molecular weight excluding hydrogens is 236 g/mol. The number of aromatic nitrogens is 1. The van der Waals surface area contributed by atoms with Gasteiger partial charge in [-0.3, -0.25) is 0 Å². The number of ether oxygens (including phenoxy) is 1. The van der Waals surface area contributed by atoms with E-state index in [1.165, 1.54) is 22.2 Å². The molecule has 0 saturated heterocycles. The Morgan fingerprint density at radius 2 is 2.00 bits per heavy atom. The fourth-order valence-corrected chi connectivity index (χ4v) is 2.85. The van der Waals surface area contributed by atoms with Crippen molar-refractivity contribution in [3.05, 3.63) is 29.5 Å². The van der Waals surface area contributed by atoms with Gasteiger partial charge in [0.2, 0.25) is 0 Å². The van der Waals surface area contributed by atoms with Crippen molar-refractivity contribution in [1.82, 2.24) is 9.88 Å². The number of nitrogens with zero attached hydrogens (tertiary/aromatic N) is 1. The minimum atomic E-state index is 0.221. The molecule has 19 heavy (non-hydrogen) atoms. The van der Waals surface area contributed by atoms with Gasteiger partial charge in [-0.05, 0) is 45.0 Å². The molecule has 0 spiro atoms. The lowest BCUT2D eigenvalue weighted by Crippen LogP contribution is -2.21. The zero-order chi connectivity index (χ0) is 13.4. The van der Waals surface area contributed by atoms with Gasteiger partial charge in [-0.2, -0.15) is 0 Å². The highest BCUT2D eigenvalue weighted by Gasteiger charge is 2.16. The lowest BCUT2D eigenvalue weighted by molar-refractivity contribution is 0.242. The standard InChI is InChI=1S/C16H22N2O/c1-11(2)19-12-4-5-13-14-6-8-18(3)9-7-15(14)17-16(13)10-12/h4-5,10-11,17H,6-9H2,1-3H3. The predicted octanol–water partition coefficient (Wildman–Crippen LogP) is 2.99. The van der Waals surface area contributed by atoms with Gasteiger partial charge in [0.25, 0.3) is 0 Å². The molecular formula is C16H22N2O. The summed E-state index contributed by atoms with van der Waals surface area (Å²) in [6, 6.07) is 6.42. The van der Waals surface area contributed by atoms with Crippen LogP contribution in [0, 0.1) is 0 Å². The zero-order valence-electron chi connectivity index (χ0n) is 12.0. The van der Waals surface area contributed by atoms with Gasteiger partial charge < -0.3 is 14.6 Å². The van der Waals surface area contributed by atoms with Crippen LogP contribution in [0.4, 0.5) is 0 Å². The minimum absolute atomic E-state index is 0.221. The number of fused-ring (bicyclic) bond motifs is 3. The largest absolute Gasteiger partial charge is 0.491 e.